The second kappa shape index (κ2) is 6.19. The fraction of sp³-hybridized carbons (Fsp3) is 0.462. The van der Waals surface area contributed by atoms with Crippen molar-refractivity contribution in [1.82, 2.24) is 4.90 Å². The zero-order chi connectivity index (χ0) is 15.5. The summed E-state index contributed by atoms with van der Waals surface area (Å²) in [7, 11) is 1.59. The van der Waals surface area contributed by atoms with Crippen LogP contribution in [0.15, 0.2) is 18.2 Å². The lowest BCUT2D eigenvalue weighted by molar-refractivity contribution is -0.385. The molecule has 20 heavy (non-hydrogen) atoms. The van der Waals surface area contributed by atoms with Gasteiger partial charge in [0.05, 0.1) is 4.92 Å². The molecule has 0 aliphatic rings. The second-order valence-electron chi connectivity index (χ2n) is 5.45. The number of amides is 1. The Balaban J connectivity index is 3.08. The van der Waals surface area contributed by atoms with E-state index in [1.807, 2.05) is 13.8 Å². The zero-order valence-electron chi connectivity index (χ0n) is 11.7. The molecule has 0 aliphatic heterocycles. The van der Waals surface area contributed by atoms with Gasteiger partial charge in [-0.3, -0.25) is 14.9 Å². The summed E-state index contributed by atoms with van der Waals surface area (Å²) in [6, 6.07) is 3.94. The summed E-state index contributed by atoms with van der Waals surface area (Å²) < 4.78 is 0. The number of nitrogens with two attached hydrogens (primary N) is 1. The van der Waals surface area contributed by atoms with Gasteiger partial charge in [0, 0.05) is 24.7 Å². The molecule has 0 unspecified atom stereocenters. The van der Waals surface area contributed by atoms with Crippen LogP contribution in [0, 0.1) is 15.5 Å². The van der Waals surface area contributed by atoms with Gasteiger partial charge >= 0.3 is 0 Å². The Hall–Kier alpha value is -1.66. The van der Waals surface area contributed by atoms with Gasteiger partial charge in [-0.15, -0.1) is 0 Å². The summed E-state index contributed by atoms with van der Waals surface area (Å²) in [5.74, 6) is -0.444. The van der Waals surface area contributed by atoms with Crippen LogP contribution in [0.2, 0.25) is 5.02 Å². The van der Waals surface area contributed by atoms with E-state index in [2.05, 4.69) is 0 Å². The van der Waals surface area contributed by atoms with Crippen LogP contribution < -0.4 is 5.73 Å². The van der Waals surface area contributed by atoms with Gasteiger partial charge in [-0.05, 0) is 24.1 Å². The van der Waals surface area contributed by atoms with E-state index in [0.717, 1.165) is 0 Å². The highest BCUT2D eigenvalue weighted by Gasteiger charge is 2.26. The lowest BCUT2D eigenvalue weighted by Gasteiger charge is -2.29. The summed E-state index contributed by atoms with van der Waals surface area (Å²) in [4.78, 5) is 24.1. The molecule has 6 nitrogen and oxygen atoms in total. The molecule has 0 spiro atoms. The highest BCUT2D eigenvalue weighted by atomic mass is 35.5. The molecule has 0 aromatic heterocycles. The number of halogens is 1. The number of hydrogen-bond donors (Lipinski definition) is 1. The van der Waals surface area contributed by atoms with Crippen LogP contribution in [-0.4, -0.2) is 35.9 Å². The topological polar surface area (TPSA) is 89.5 Å². The average molecular weight is 300 g/mol. The molecule has 1 rings (SSSR count). The predicted molar refractivity (Wildman–Crippen MR) is 77.9 cm³/mol. The van der Waals surface area contributed by atoms with E-state index in [0.29, 0.717) is 13.1 Å². The summed E-state index contributed by atoms with van der Waals surface area (Å²) in [5, 5.41) is 11.3. The van der Waals surface area contributed by atoms with Crippen molar-refractivity contribution in [3.63, 3.8) is 0 Å². The highest BCUT2D eigenvalue weighted by Crippen LogP contribution is 2.25. The monoisotopic (exact) mass is 299 g/mol. The number of benzene rings is 1. The molecule has 2 N–H and O–H groups in total. The Morgan fingerprint density at radius 2 is 2.10 bits per heavy atom. The number of nitrogens with zero attached hydrogens (tertiary/aromatic N) is 2. The number of nitro benzene ring substituents is 1. The Bertz CT molecular complexity index is 532. The fourth-order valence-corrected chi connectivity index (χ4v) is 1.99. The maximum Gasteiger partial charge on any atom is 0.282 e. The van der Waals surface area contributed by atoms with Crippen molar-refractivity contribution < 1.29 is 9.72 Å². The molecule has 0 saturated carbocycles. The molecule has 0 heterocycles. The largest absolute Gasteiger partial charge is 0.341 e. The van der Waals surface area contributed by atoms with Crippen LogP contribution in [0.25, 0.3) is 0 Å². The molecule has 0 bridgehead atoms. The van der Waals surface area contributed by atoms with Gasteiger partial charge in [-0.1, -0.05) is 25.4 Å². The number of hydrogen-bond acceptors (Lipinski definition) is 4. The van der Waals surface area contributed by atoms with E-state index in [4.69, 9.17) is 17.3 Å². The van der Waals surface area contributed by atoms with Gasteiger partial charge in [0.1, 0.15) is 5.56 Å². The molecule has 0 aliphatic carbocycles. The molecular formula is C13H18ClN3O3. The van der Waals surface area contributed by atoms with E-state index in [9.17, 15) is 14.9 Å². The van der Waals surface area contributed by atoms with E-state index in [1.54, 1.807) is 7.05 Å². The van der Waals surface area contributed by atoms with Crippen molar-refractivity contribution in [3.8, 4) is 0 Å². The first-order chi connectivity index (χ1) is 9.18. The van der Waals surface area contributed by atoms with Crippen LogP contribution in [0.3, 0.4) is 0 Å². The molecule has 0 fully saturated rings. The first kappa shape index (κ1) is 16.4. The van der Waals surface area contributed by atoms with Crippen LogP contribution >= 0.6 is 11.6 Å². The standard InChI is InChI=1S/C13H18ClN3O3/c1-13(2,7-15)8-16(3)12(18)10-6-9(14)4-5-11(10)17(19)20/h4-6H,7-8,15H2,1-3H3. The van der Waals surface area contributed by atoms with Gasteiger partial charge in [0.25, 0.3) is 11.6 Å². The van der Waals surface area contributed by atoms with Crippen molar-refractivity contribution in [2.45, 2.75) is 13.8 Å². The maximum atomic E-state index is 12.3. The molecule has 0 atom stereocenters. The van der Waals surface area contributed by atoms with Crippen LogP contribution in [0.4, 0.5) is 5.69 Å². The van der Waals surface area contributed by atoms with E-state index in [-0.39, 0.29) is 21.7 Å². The smallest absolute Gasteiger partial charge is 0.282 e. The number of nitro groups is 1. The molecule has 1 amide bonds. The summed E-state index contributed by atoms with van der Waals surface area (Å²) in [6.45, 7) is 4.64. The summed E-state index contributed by atoms with van der Waals surface area (Å²) in [6.07, 6.45) is 0. The Morgan fingerprint density at radius 1 is 1.50 bits per heavy atom. The molecule has 1 aromatic rings. The third-order valence-electron chi connectivity index (χ3n) is 2.95. The average Bonchev–Trinajstić information content (AvgIpc) is 2.36. The number of rotatable bonds is 5. The first-order valence-corrected chi connectivity index (χ1v) is 6.45. The van der Waals surface area contributed by atoms with Crippen molar-refractivity contribution in [2.75, 3.05) is 20.1 Å². The van der Waals surface area contributed by atoms with Crippen LogP contribution in [0.1, 0.15) is 24.2 Å². The maximum absolute atomic E-state index is 12.3. The van der Waals surface area contributed by atoms with Gasteiger partial charge in [0.15, 0.2) is 0 Å². The highest BCUT2D eigenvalue weighted by molar-refractivity contribution is 6.31. The second-order valence-corrected chi connectivity index (χ2v) is 5.88. The van der Waals surface area contributed by atoms with Crippen LogP contribution in [0.5, 0.6) is 0 Å². The lowest BCUT2D eigenvalue weighted by Crippen LogP contribution is -2.39. The fourth-order valence-electron chi connectivity index (χ4n) is 1.82. The first-order valence-electron chi connectivity index (χ1n) is 6.07. The molecule has 110 valence electrons. The van der Waals surface area contributed by atoms with Crippen molar-refractivity contribution >= 4 is 23.2 Å². The van der Waals surface area contributed by atoms with Crippen LogP contribution in [-0.2, 0) is 0 Å². The Labute approximate surface area is 122 Å². The molecule has 0 radical (unpaired) electrons. The van der Waals surface area contributed by atoms with Crippen molar-refractivity contribution in [3.05, 3.63) is 38.9 Å². The molecule has 0 saturated heterocycles. The molecular weight excluding hydrogens is 282 g/mol. The minimum atomic E-state index is -0.592. The lowest BCUT2D eigenvalue weighted by atomic mass is 9.93. The van der Waals surface area contributed by atoms with E-state index in [1.165, 1.54) is 23.1 Å². The number of carbonyl (C=O) groups excluding carboxylic acids is 1. The SMILES string of the molecule is CN(CC(C)(C)CN)C(=O)c1cc(Cl)ccc1[N+](=O)[O-]. The predicted octanol–water partition coefficient (Wildman–Crippen LogP) is 2.31. The van der Waals surface area contributed by atoms with E-state index >= 15 is 0 Å². The molecule has 7 heteroatoms. The Morgan fingerprint density at radius 3 is 2.60 bits per heavy atom. The van der Waals surface area contributed by atoms with Gasteiger partial charge in [-0.25, -0.2) is 0 Å². The summed E-state index contributed by atoms with van der Waals surface area (Å²) in [5.41, 5.74) is 5.09. The normalized spacial score (nSPS) is 11.2. The Kier molecular flexibility index (Phi) is 5.08. The number of carbonyl (C=O) groups is 1. The van der Waals surface area contributed by atoms with Gasteiger partial charge in [-0.2, -0.15) is 0 Å². The van der Waals surface area contributed by atoms with Crippen molar-refractivity contribution in [1.29, 1.82) is 0 Å². The minimum absolute atomic E-state index is 0.0159. The van der Waals surface area contributed by atoms with E-state index < -0.39 is 10.8 Å². The summed E-state index contributed by atoms with van der Waals surface area (Å²) >= 11 is 5.82. The van der Waals surface area contributed by atoms with Crippen molar-refractivity contribution in [2.24, 2.45) is 11.1 Å². The van der Waals surface area contributed by atoms with Gasteiger partial charge in [0.2, 0.25) is 0 Å². The zero-order valence-corrected chi connectivity index (χ0v) is 12.5. The third kappa shape index (κ3) is 3.91. The minimum Gasteiger partial charge on any atom is -0.341 e. The quantitative estimate of drug-likeness (QED) is 0.667. The molecule has 1 aromatic carbocycles. The third-order valence-corrected chi connectivity index (χ3v) is 3.19. The van der Waals surface area contributed by atoms with Gasteiger partial charge < -0.3 is 10.6 Å².